The van der Waals surface area contributed by atoms with E-state index in [1.54, 1.807) is 47.5 Å². The third-order valence-corrected chi connectivity index (χ3v) is 5.90. The largest absolute Gasteiger partial charge is 0.325 e. The van der Waals surface area contributed by atoms with Crippen LogP contribution in [0.2, 0.25) is 0 Å². The standard InChI is InChI=1S/C20H20N4O4S/c1-20(13-8-10-29-12-13)18(27)24(19(28)22-20)11-16(25)21-14-5-2-3-6-15(14)23-9-4-7-17(23)26/h2-3,5-6,8,10,12H,4,7,9,11H2,1H3,(H,21,25)(H,22,28). The van der Waals surface area contributed by atoms with E-state index < -0.39 is 29.9 Å². The molecular formula is C20H20N4O4S. The summed E-state index contributed by atoms with van der Waals surface area (Å²) in [4.78, 5) is 52.5. The van der Waals surface area contributed by atoms with Crippen molar-refractivity contribution in [3.63, 3.8) is 0 Å². The first-order valence-corrected chi connectivity index (χ1v) is 10.2. The molecule has 1 aromatic heterocycles. The predicted octanol–water partition coefficient (Wildman–Crippen LogP) is 2.28. The van der Waals surface area contributed by atoms with Gasteiger partial charge in [-0.1, -0.05) is 12.1 Å². The first-order valence-electron chi connectivity index (χ1n) is 9.26. The zero-order valence-corrected chi connectivity index (χ0v) is 16.6. The average Bonchev–Trinajstić information content (AvgIpc) is 3.41. The van der Waals surface area contributed by atoms with Crippen LogP contribution in [0.3, 0.4) is 0 Å². The number of carbonyl (C=O) groups excluding carboxylic acids is 4. The summed E-state index contributed by atoms with van der Waals surface area (Å²) in [5, 5.41) is 9.03. The fraction of sp³-hybridized carbons (Fsp3) is 0.300. The normalized spacial score (nSPS) is 21.6. The van der Waals surface area contributed by atoms with Crippen molar-refractivity contribution in [3.05, 3.63) is 46.7 Å². The minimum Gasteiger partial charge on any atom is -0.323 e. The maximum atomic E-state index is 12.9. The minimum absolute atomic E-state index is 0.00678. The highest BCUT2D eigenvalue weighted by atomic mass is 32.1. The molecule has 2 aromatic rings. The monoisotopic (exact) mass is 412 g/mol. The lowest BCUT2D eigenvalue weighted by atomic mass is 9.95. The van der Waals surface area contributed by atoms with Crippen LogP contribution in [0.15, 0.2) is 41.1 Å². The maximum absolute atomic E-state index is 12.9. The van der Waals surface area contributed by atoms with Gasteiger partial charge >= 0.3 is 6.03 Å². The van der Waals surface area contributed by atoms with E-state index in [0.717, 1.165) is 11.3 Å². The SMILES string of the molecule is CC1(c2ccsc2)NC(=O)N(CC(=O)Nc2ccccc2N2CCCC2=O)C1=O. The third kappa shape index (κ3) is 3.38. The number of nitrogens with one attached hydrogen (secondary N) is 2. The van der Waals surface area contributed by atoms with Crippen molar-refractivity contribution in [1.29, 1.82) is 0 Å². The maximum Gasteiger partial charge on any atom is 0.325 e. The Hall–Kier alpha value is -3.20. The molecular weight excluding hydrogens is 392 g/mol. The van der Waals surface area contributed by atoms with Crippen molar-refractivity contribution in [2.45, 2.75) is 25.3 Å². The fourth-order valence-electron chi connectivity index (χ4n) is 3.64. The lowest BCUT2D eigenvalue weighted by Gasteiger charge is -2.21. The summed E-state index contributed by atoms with van der Waals surface area (Å²) in [5.74, 6) is -0.978. The van der Waals surface area contributed by atoms with E-state index >= 15 is 0 Å². The van der Waals surface area contributed by atoms with Crippen LogP contribution in [0, 0.1) is 0 Å². The lowest BCUT2D eigenvalue weighted by Crippen LogP contribution is -2.42. The quantitative estimate of drug-likeness (QED) is 0.736. The van der Waals surface area contributed by atoms with Crippen LogP contribution < -0.4 is 15.5 Å². The second-order valence-electron chi connectivity index (χ2n) is 7.17. The molecule has 9 heteroatoms. The number of thiophene rings is 1. The number of carbonyl (C=O) groups is 4. The average molecular weight is 412 g/mol. The highest BCUT2D eigenvalue weighted by molar-refractivity contribution is 7.08. The number of urea groups is 1. The number of nitrogens with zero attached hydrogens (tertiary/aromatic N) is 2. The second kappa shape index (κ2) is 7.32. The summed E-state index contributed by atoms with van der Waals surface area (Å²) in [5.41, 5.74) is 0.586. The molecule has 4 rings (SSSR count). The minimum atomic E-state index is -1.18. The Morgan fingerprint density at radius 2 is 2.03 bits per heavy atom. The molecule has 8 nitrogen and oxygen atoms in total. The molecule has 150 valence electrons. The molecule has 1 aromatic carbocycles. The van der Waals surface area contributed by atoms with Gasteiger partial charge in [-0.15, -0.1) is 0 Å². The molecule has 1 unspecified atom stereocenters. The van der Waals surface area contributed by atoms with Crippen molar-refractivity contribution in [1.82, 2.24) is 10.2 Å². The highest BCUT2D eigenvalue weighted by Gasteiger charge is 2.49. The molecule has 29 heavy (non-hydrogen) atoms. The second-order valence-corrected chi connectivity index (χ2v) is 7.95. The molecule has 5 amide bonds. The highest BCUT2D eigenvalue weighted by Crippen LogP contribution is 2.31. The van der Waals surface area contributed by atoms with Crippen LogP contribution in [0.4, 0.5) is 16.2 Å². The van der Waals surface area contributed by atoms with Gasteiger partial charge in [0.1, 0.15) is 12.1 Å². The van der Waals surface area contributed by atoms with Gasteiger partial charge in [0.2, 0.25) is 11.8 Å². The number of hydrogen-bond acceptors (Lipinski definition) is 5. The van der Waals surface area contributed by atoms with Gasteiger partial charge in [-0.2, -0.15) is 11.3 Å². The van der Waals surface area contributed by atoms with Gasteiger partial charge in [0.05, 0.1) is 11.4 Å². The number of amides is 5. The smallest absolute Gasteiger partial charge is 0.323 e. The van der Waals surface area contributed by atoms with E-state index in [1.807, 2.05) is 5.38 Å². The van der Waals surface area contributed by atoms with Crippen molar-refractivity contribution in [2.24, 2.45) is 0 Å². The van der Waals surface area contributed by atoms with Crippen LogP contribution >= 0.6 is 11.3 Å². The molecule has 2 aliphatic heterocycles. The fourth-order valence-corrected chi connectivity index (χ4v) is 4.40. The third-order valence-electron chi connectivity index (χ3n) is 5.22. The zero-order chi connectivity index (χ0) is 20.6. The molecule has 0 radical (unpaired) electrons. The van der Waals surface area contributed by atoms with Gasteiger partial charge in [0.25, 0.3) is 5.91 Å². The summed E-state index contributed by atoms with van der Waals surface area (Å²) < 4.78 is 0. The topological polar surface area (TPSA) is 98.8 Å². The Morgan fingerprint density at radius 3 is 2.72 bits per heavy atom. The van der Waals surface area contributed by atoms with Crippen LogP contribution in [0.1, 0.15) is 25.3 Å². The summed E-state index contributed by atoms with van der Waals surface area (Å²) in [6.07, 6.45) is 1.25. The molecule has 0 aliphatic carbocycles. The van der Waals surface area contributed by atoms with E-state index in [0.29, 0.717) is 29.9 Å². The first kappa shape index (κ1) is 19.1. The van der Waals surface area contributed by atoms with Crippen LogP contribution in [-0.4, -0.2) is 41.7 Å². The summed E-state index contributed by atoms with van der Waals surface area (Å²) in [7, 11) is 0. The van der Waals surface area contributed by atoms with Gasteiger partial charge < -0.3 is 15.5 Å². The zero-order valence-electron chi connectivity index (χ0n) is 15.8. The molecule has 2 aliphatic rings. The van der Waals surface area contributed by atoms with E-state index in [9.17, 15) is 19.2 Å². The van der Waals surface area contributed by atoms with Crippen molar-refractivity contribution >= 4 is 46.5 Å². The van der Waals surface area contributed by atoms with E-state index in [4.69, 9.17) is 0 Å². The Balaban J connectivity index is 1.49. The van der Waals surface area contributed by atoms with Gasteiger partial charge in [-0.25, -0.2) is 4.79 Å². The van der Waals surface area contributed by atoms with Gasteiger partial charge in [0.15, 0.2) is 0 Å². The van der Waals surface area contributed by atoms with E-state index in [-0.39, 0.29) is 5.91 Å². The molecule has 0 saturated carbocycles. The lowest BCUT2D eigenvalue weighted by molar-refractivity contribution is -0.133. The number of rotatable bonds is 5. The summed E-state index contributed by atoms with van der Waals surface area (Å²) in [6, 6.07) is 8.17. The van der Waals surface area contributed by atoms with Crippen LogP contribution in [0.25, 0.3) is 0 Å². The van der Waals surface area contributed by atoms with E-state index in [2.05, 4.69) is 10.6 Å². The Bertz CT molecular complexity index is 990. The molecule has 1 atom stereocenters. The van der Waals surface area contributed by atoms with Gasteiger partial charge in [-0.3, -0.25) is 19.3 Å². The summed E-state index contributed by atoms with van der Waals surface area (Å²) in [6.45, 7) is 1.81. The van der Waals surface area contributed by atoms with Crippen molar-refractivity contribution < 1.29 is 19.2 Å². The molecule has 0 bridgehead atoms. The van der Waals surface area contributed by atoms with Gasteiger partial charge in [-0.05, 0) is 47.9 Å². The molecule has 2 N–H and O–H groups in total. The van der Waals surface area contributed by atoms with Crippen LogP contribution in [-0.2, 0) is 19.9 Å². The van der Waals surface area contributed by atoms with Crippen molar-refractivity contribution in [3.8, 4) is 0 Å². The number of benzene rings is 1. The number of imide groups is 1. The molecule has 2 fully saturated rings. The Labute approximate surface area is 171 Å². The van der Waals surface area contributed by atoms with Gasteiger partial charge in [0, 0.05) is 13.0 Å². The molecule has 0 spiro atoms. The molecule has 3 heterocycles. The molecule has 2 saturated heterocycles. The number of anilines is 2. The summed E-state index contributed by atoms with van der Waals surface area (Å²) >= 11 is 1.43. The number of hydrogen-bond donors (Lipinski definition) is 2. The first-order chi connectivity index (χ1) is 13.9. The Morgan fingerprint density at radius 1 is 1.24 bits per heavy atom. The van der Waals surface area contributed by atoms with Crippen LogP contribution in [0.5, 0.6) is 0 Å². The Kier molecular flexibility index (Phi) is 4.83. The van der Waals surface area contributed by atoms with E-state index in [1.165, 1.54) is 11.3 Å². The number of para-hydroxylation sites is 2. The van der Waals surface area contributed by atoms with Crippen molar-refractivity contribution in [2.75, 3.05) is 23.3 Å². The predicted molar refractivity (Wildman–Crippen MR) is 109 cm³/mol.